The predicted octanol–water partition coefficient (Wildman–Crippen LogP) is 1.26. The second-order valence-corrected chi connectivity index (χ2v) is 4.90. The monoisotopic (exact) mass is 273 g/mol. The van der Waals surface area contributed by atoms with Crippen LogP contribution in [-0.2, 0) is 16.0 Å². The van der Waals surface area contributed by atoms with Gasteiger partial charge in [0.2, 0.25) is 5.91 Å². The molecular weight excluding hydrogens is 254 g/mol. The minimum absolute atomic E-state index is 0.0542. The maximum Gasteiger partial charge on any atom is 0.267 e. The summed E-state index contributed by atoms with van der Waals surface area (Å²) in [6.45, 7) is 2.63. The molecule has 20 heavy (non-hydrogen) atoms. The molecule has 0 radical (unpaired) electrons. The largest absolute Gasteiger partial charge is 0.351 e. The van der Waals surface area contributed by atoms with Crippen LogP contribution in [0.5, 0.6) is 0 Å². The molecule has 0 spiro atoms. The molecule has 0 saturated carbocycles. The average molecular weight is 273 g/mol. The van der Waals surface area contributed by atoms with E-state index in [2.05, 4.69) is 29.5 Å². The van der Waals surface area contributed by atoms with E-state index in [1.165, 1.54) is 16.1 Å². The zero-order chi connectivity index (χ0) is 14.5. The highest BCUT2D eigenvalue weighted by molar-refractivity contribution is 6.39. The smallest absolute Gasteiger partial charge is 0.267 e. The van der Waals surface area contributed by atoms with Crippen LogP contribution in [0.4, 0.5) is 0 Å². The van der Waals surface area contributed by atoms with Crippen LogP contribution in [0.3, 0.4) is 0 Å². The van der Waals surface area contributed by atoms with E-state index in [1.54, 1.807) is 7.05 Å². The van der Waals surface area contributed by atoms with Gasteiger partial charge in [0.1, 0.15) is 5.71 Å². The molecule has 0 fully saturated rings. The maximum absolute atomic E-state index is 11.9. The molecule has 1 aromatic carbocycles. The summed E-state index contributed by atoms with van der Waals surface area (Å²) in [7, 11) is 1.57. The van der Waals surface area contributed by atoms with E-state index in [-0.39, 0.29) is 11.8 Å². The minimum Gasteiger partial charge on any atom is -0.351 e. The molecule has 0 saturated heterocycles. The molecule has 1 N–H and O–H groups in total. The number of benzene rings is 1. The lowest BCUT2D eigenvalue weighted by atomic mass is 10.1. The standard InChI is InChI=1S/C15H19N3O2/c1-11-5-3-4-6-12(11)9-10-16-15(20)13-7-8-14(19)18(2)17-13/h3-6H,7-10H2,1-2H3,(H,16,20). The van der Waals surface area contributed by atoms with E-state index in [1.807, 2.05) is 12.1 Å². The summed E-state index contributed by atoms with van der Waals surface area (Å²) in [5.41, 5.74) is 2.88. The Balaban J connectivity index is 1.86. The Morgan fingerprint density at radius 2 is 2.10 bits per heavy atom. The Hall–Kier alpha value is -2.17. The molecule has 0 bridgehead atoms. The molecule has 1 aliphatic rings. The molecule has 0 aliphatic carbocycles. The molecular formula is C15H19N3O2. The molecule has 5 nitrogen and oxygen atoms in total. The van der Waals surface area contributed by atoms with Crippen molar-refractivity contribution >= 4 is 17.5 Å². The zero-order valence-corrected chi connectivity index (χ0v) is 11.8. The Bertz CT molecular complexity index is 552. The van der Waals surface area contributed by atoms with Crippen molar-refractivity contribution in [1.82, 2.24) is 10.3 Å². The van der Waals surface area contributed by atoms with Gasteiger partial charge in [0.05, 0.1) is 0 Å². The molecule has 2 amide bonds. The number of nitrogens with zero attached hydrogens (tertiary/aromatic N) is 2. The van der Waals surface area contributed by atoms with Crippen molar-refractivity contribution in [3.8, 4) is 0 Å². The highest BCUT2D eigenvalue weighted by atomic mass is 16.2. The molecule has 2 rings (SSSR count). The second kappa shape index (κ2) is 6.32. The van der Waals surface area contributed by atoms with Gasteiger partial charge in [0.25, 0.3) is 5.91 Å². The molecule has 1 aromatic rings. The molecule has 1 heterocycles. The number of carbonyl (C=O) groups is 2. The van der Waals surface area contributed by atoms with Crippen LogP contribution in [0.15, 0.2) is 29.4 Å². The van der Waals surface area contributed by atoms with Gasteiger partial charge in [-0.1, -0.05) is 24.3 Å². The van der Waals surface area contributed by atoms with Crippen LogP contribution in [0, 0.1) is 6.92 Å². The van der Waals surface area contributed by atoms with Crippen LogP contribution in [0.1, 0.15) is 24.0 Å². The SMILES string of the molecule is Cc1ccccc1CCNC(=O)C1=NN(C)C(=O)CC1. The summed E-state index contributed by atoms with van der Waals surface area (Å²) >= 11 is 0. The van der Waals surface area contributed by atoms with Gasteiger partial charge >= 0.3 is 0 Å². The third kappa shape index (κ3) is 3.44. The van der Waals surface area contributed by atoms with E-state index in [4.69, 9.17) is 0 Å². The van der Waals surface area contributed by atoms with E-state index in [0.29, 0.717) is 25.1 Å². The fraction of sp³-hybridized carbons (Fsp3) is 0.400. The molecule has 0 aromatic heterocycles. The van der Waals surface area contributed by atoms with Crippen LogP contribution >= 0.6 is 0 Å². The number of carbonyl (C=O) groups excluding carboxylic acids is 2. The molecule has 5 heteroatoms. The number of aryl methyl sites for hydroxylation is 1. The van der Waals surface area contributed by atoms with Gasteiger partial charge in [-0.05, 0) is 24.5 Å². The fourth-order valence-corrected chi connectivity index (χ4v) is 2.14. The van der Waals surface area contributed by atoms with Crippen molar-refractivity contribution < 1.29 is 9.59 Å². The summed E-state index contributed by atoms with van der Waals surface area (Å²) in [5, 5.41) is 8.09. The van der Waals surface area contributed by atoms with Crippen molar-refractivity contribution in [3.05, 3.63) is 35.4 Å². The molecule has 0 atom stereocenters. The molecule has 0 unspecified atom stereocenters. The Morgan fingerprint density at radius 1 is 1.35 bits per heavy atom. The lowest BCUT2D eigenvalue weighted by Gasteiger charge is -2.18. The van der Waals surface area contributed by atoms with E-state index in [9.17, 15) is 9.59 Å². The predicted molar refractivity (Wildman–Crippen MR) is 77.3 cm³/mol. The van der Waals surface area contributed by atoms with Gasteiger partial charge < -0.3 is 5.32 Å². The number of hydrogen-bond donors (Lipinski definition) is 1. The van der Waals surface area contributed by atoms with Crippen molar-refractivity contribution in [2.24, 2.45) is 5.10 Å². The Labute approximate surface area is 118 Å². The number of rotatable bonds is 4. The maximum atomic E-state index is 11.9. The lowest BCUT2D eigenvalue weighted by Crippen LogP contribution is -2.38. The minimum atomic E-state index is -0.182. The summed E-state index contributed by atoms with van der Waals surface area (Å²) in [6, 6.07) is 8.12. The topological polar surface area (TPSA) is 61.8 Å². The Kier molecular flexibility index (Phi) is 4.50. The van der Waals surface area contributed by atoms with Gasteiger partial charge in [-0.2, -0.15) is 5.10 Å². The zero-order valence-electron chi connectivity index (χ0n) is 11.8. The number of hydrogen-bond acceptors (Lipinski definition) is 3. The average Bonchev–Trinajstić information content (AvgIpc) is 2.44. The van der Waals surface area contributed by atoms with E-state index >= 15 is 0 Å². The van der Waals surface area contributed by atoms with Gasteiger partial charge in [-0.15, -0.1) is 0 Å². The third-order valence-corrected chi connectivity index (χ3v) is 3.41. The van der Waals surface area contributed by atoms with Crippen molar-refractivity contribution in [3.63, 3.8) is 0 Å². The van der Waals surface area contributed by atoms with Crippen LogP contribution in [0.25, 0.3) is 0 Å². The van der Waals surface area contributed by atoms with Crippen molar-refractivity contribution in [2.45, 2.75) is 26.2 Å². The summed E-state index contributed by atoms with van der Waals surface area (Å²) in [5.74, 6) is -0.237. The third-order valence-electron chi connectivity index (χ3n) is 3.41. The fourth-order valence-electron chi connectivity index (χ4n) is 2.14. The number of hydrazone groups is 1. The number of nitrogens with one attached hydrogen (secondary N) is 1. The highest BCUT2D eigenvalue weighted by Gasteiger charge is 2.21. The first kappa shape index (κ1) is 14.2. The Morgan fingerprint density at radius 3 is 2.80 bits per heavy atom. The van der Waals surface area contributed by atoms with Crippen LogP contribution in [0.2, 0.25) is 0 Å². The van der Waals surface area contributed by atoms with Gasteiger partial charge in [-0.3, -0.25) is 9.59 Å². The first-order valence-electron chi connectivity index (χ1n) is 6.74. The highest BCUT2D eigenvalue weighted by Crippen LogP contribution is 2.08. The quantitative estimate of drug-likeness (QED) is 0.897. The van der Waals surface area contributed by atoms with Crippen molar-refractivity contribution in [1.29, 1.82) is 0 Å². The van der Waals surface area contributed by atoms with E-state index < -0.39 is 0 Å². The van der Waals surface area contributed by atoms with Crippen LogP contribution < -0.4 is 5.32 Å². The lowest BCUT2D eigenvalue weighted by molar-refractivity contribution is -0.130. The second-order valence-electron chi connectivity index (χ2n) is 4.90. The number of amides is 2. The first-order valence-corrected chi connectivity index (χ1v) is 6.74. The molecule has 106 valence electrons. The van der Waals surface area contributed by atoms with E-state index in [0.717, 1.165) is 6.42 Å². The summed E-state index contributed by atoms with van der Waals surface area (Å²) in [4.78, 5) is 23.2. The van der Waals surface area contributed by atoms with Crippen molar-refractivity contribution in [2.75, 3.05) is 13.6 Å². The summed E-state index contributed by atoms with van der Waals surface area (Å²) < 4.78 is 0. The van der Waals surface area contributed by atoms with Gasteiger partial charge in [0, 0.05) is 26.4 Å². The normalized spacial score (nSPS) is 15.0. The van der Waals surface area contributed by atoms with Gasteiger partial charge in [-0.25, -0.2) is 5.01 Å². The van der Waals surface area contributed by atoms with Crippen LogP contribution in [-0.4, -0.2) is 36.1 Å². The molecule has 1 aliphatic heterocycles. The van der Waals surface area contributed by atoms with Gasteiger partial charge in [0.15, 0.2) is 0 Å². The first-order chi connectivity index (χ1) is 9.58. The summed E-state index contributed by atoms with van der Waals surface area (Å²) in [6.07, 6.45) is 1.56.